The maximum atomic E-state index is 6.09. The summed E-state index contributed by atoms with van der Waals surface area (Å²) in [4.78, 5) is 0. The lowest BCUT2D eigenvalue weighted by atomic mass is 9.89. The molecular formula is C14H21Cl2N. The van der Waals surface area contributed by atoms with Crippen molar-refractivity contribution in [2.75, 3.05) is 6.54 Å². The van der Waals surface area contributed by atoms with Crippen molar-refractivity contribution < 1.29 is 0 Å². The molecule has 1 atom stereocenters. The third kappa shape index (κ3) is 3.87. The highest BCUT2D eigenvalue weighted by molar-refractivity contribution is 6.42. The predicted molar refractivity (Wildman–Crippen MR) is 77.0 cm³/mol. The molecule has 0 amide bonds. The summed E-state index contributed by atoms with van der Waals surface area (Å²) in [7, 11) is 0. The van der Waals surface area contributed by atoms with E-state index in [1.54, 1.807) is 0 Å². The minimum absolute atomic E-state index is 0.366. The number of nitrogens with one attached hydrogen (secondary N) is 1. The Kier molecular flexibility index (Phi) is 6.32. The zero-order chi connectivity index (χ0) is 12.8. The molecule has 0 radical (unpaired) electrons. The van der Waals surface area contributed by atoms with Crippen molar-refractivity contribution in [3.63, 3.8) is 0 Å². The minimum atomic E-state index is 0.366. The quantitative estimate of drug-likeness (QED) is 0.762. The normalized spacial score (nSPS) is 13.1. The van der Waals surface area contributed by atoms with E-state index >= 15 is 0 Å². The molecule has 1 aromatic carbocycles. The molecule has 0 aliphatic heterocycles. The van der Waals surface area contributed by atoms with Gasteiger partial charge in [-0.15, -0.1) is 0 Å². The zero-order valence-corrected chi connectivity index (χ0v) is 12.3. The minimum Gasteiger partial charge on any atom is -0.310 e. The third-order valence-electron chi connectivity index (χ3n) is 3.25. The van der Waals surface area contributed by atoms with E-state index in [-0.39, 0.29) is 0 Å². The van der Waals surface area contributed by atoms with Crippen molar-refractivity contribution in [1.82, 2.24) is 5.32 Å². The highest BCUT2D eigenvalue weighted by Gasteiger charge is 2.19. The van der Waals surface area contributed by atoms with Crippen molar-refractivity contribution in [1.29, 1.82) is 0 Å². The third-order valence-corrected chi connectivity index (χ3v) is 3.99. The first-order chi connectivity index (χ1) is 8.13. The van der Waals surface area contributed by atoms with E-state index in [9.17, 15) is 0 Å². The van der Waals surface area contributed by atoms with Gasteiger partial charge in [0.25, 0.3) is 0 Å². The average Bonchev–Trinajstić information content (AvgIpc) is 2.33. The molecule has 0 bridgehead atoms. The van der Waals surface area contributed by atoms with Crippen molar-refractivity contribution in [3.8, 4) is 0 Å². The fourth-order valence-electron chi connectivity index (χ4n) is 2.24. The first-order valence-electron chi connectivity index (χ1n) is 6.32. The summed E-state index contributed by atoms with van der Waals surface area (Å²) < 4.78 is 0. The van der Waals surface area contributed by atoms with Gasteiger partial charge in [-0.1, -0.05) is 62.9 Å². The smallest absolute Gasteiger partial charge is 0.0595 e. The number of hydrogen-bond acceptors (Lipinski definition) is 1. The Morgan fingerprint density at radius 2 is 1.71 bits per heavy atom. The van der Waals surface area contributed by atoms with Crippen LogP contribution < -0.4 is 5.32 Å². The van der Waals surface area contributed by atoms with Crippen molar-refractivity contribution in [2.45, 2.75) is 39.7 Å². The van der Waals surface area contributed by atoms with Gasteiger partial charge in [-0.25, -0.2) is 0 Å². The van der Waals surface area contributed by atoms with E-state index in [2.05, 4.69) is 32.2 Å². The van der Waals surface area contributed by atoms with Crippen LogP contribution in [0.4, 0.5) is 0 Å². The van der Waals surface area contributed by atoms with E-state index < -0.39 is 0 Å². The molecule has 3 heteroatoms. The summed E-state index contributed by atoms with van der Waals surface area (Å²) in [6.07, 6.45) is 2.32. The highest BCUT2D eigenvalue weighted by atomic mass is 35.5. The summed E-state index contributed by atoms with van der Waals surface area (Å²) in [5.74, 6) is 0.632. The van der Waals surface area contributed by atoms with E-state index in [0.717, 1.165) is 19.4 Å². The zero-order valence-electron chi connectivity index (χ0n) is 10.8. The van der Waals surface area contributed by atoms with E-state index in [1.807, 2.05) is 12.1 Å². The first-order valence-corrected chi connectivity index (χ1v) is 7.07. The summed E-state index contributed by atoms with van der Waals surface area (Å²) in [6.45, 7) is 7.56. The predicted octanol–water partition coefficient (Wildman–Crippen LogP) is 5.08. The highest BCUT2D eigenvalue weighted by Crippen LogP contribution is 2.31. The van der Waals surface area contributed by atoms with E-state index in [1.165, 1.54) is 5.56 Å². The first kappa shape index (κ1) is 14.8. The maximum Gasteiger partial charge on any atom is 0.0595 e. The molecule has 1 nitrogen and oxygen atoms in total. The van der Waals surface area contributed by atoms with Crippen LogP contribution in [-0.2, 0) is 0 Å². The molecule has 0 saturated carbocycles. The Morgan fingerprint density at radius 3 is 2.18 bits per heavy atom. The van der Waals surface area contributed by atoms with Gasteiger partial charge in [0, 0.05) is 6.04 Å². The molecule has 0 aliphatic rings. The fourth-order valence-corrected chi connectivity index (χ4v) is 2.55. The fraction of sp³-hybridized carbons (Fsp3) is 0.571. The summed E-state index contributed by atoms with van der Waals surface area (Å²) in [6, 6.07) is 6.30. The van der Waals surface area contributed by atoms with Gasteiger partial charge < -0.3 is 5.32 Å². The van der Waals surface area contributed by atoms with Crippen LogP contribution in [0.25, 0.3) is 0 Å². The number of halogens is 2. The maximum absolute atomic E-state index is 6.09. The second-order valence-corrected chi connectivity index (χ2v) is 5.10. The van der Waals surface area contributed by atoms with Crippen LogP contribution >= 0.6 is 23.2 Å². The number of benzene rings is 1. The molecule has 1 aromatic rings. The monoisotopic (exact) mass is 273 g/mol. The van der Waals surface area contributed by atoms with Crippen LogP contribution in [0.2, 0.25) is 10.0 Å². The molecule has 17 heavy (non-hydrogen) atoms. The van der Waals surface area contributed by atoms with Gasteiger partial charge in [0.1, 0.15) is 0 Å². The molecule has 0 aliphatic carbocycles. The SMILES string of the molecule is CCNC(c1ccc(Cl)c(Cl)c1)C(CC)CC. The van der Waals surface area contributed by atoms with Crippen LogP contribution in [-0.4, -0.2) is 6.54 Å². The molecule has 1 unspecified atom stereocenters. The van der Waals surface area contributed by atoms with Gasteiger partial charge in [-0.05, 0) is 30.2 Å². The Morgan fingerprint density at radius 1 is 1.06 bits per heavy atom. The van der Waals surface area contributed by atoms with Gasteiger partial charge in [-0.2, -0.15) is 0 Å². The molecule has 0 spiro atoms. The lowest BCUT2D eigenvalue weighted by Crippen LogP contribution is -2.27. The second-order valence-electron chi connectivity index (χ2n) is 4.29. The summed E-state index contributed by atoms with van der Waals surface area (Å²) in [5.41, 5.74) is 1.23. The molecule has 0 saturated heterocycles. The molecule has 0 heterocycles. The van der Waals surface area contributed by atoms with Crippen molar-refractivity contribution in [2.24, 2.45) is 5.92 Å². The van der Waals surface area contributed by atoms with Crippen LogP contribution in [0, 0.1) is 5.92 Å². The summed E-state index contributed by atoms with van der Waals surface area (Å²) in [5, 5.41) is 4.80. The molecular weight excluding hydrogens is 253 g/mol. The second kappa shape index (κ2) is 7.25. The van der Waals surface area contributed by atoms with Crippen LogP contribution in [0.3, 0.4) is 0 Å². The van der Waals surface area contributed by atoms with Gasteiger partial charge in [0.2, 0.25) is 0 Å². The van der Waals surface area contributed by atoms with Gasteiger partial charge in [0.05, 0.1) is 10.0 Å². The van der Waals surface area contributed by atoms with Crippen molar-refractivity contribution in [3.05, 3.63) is 33.8 Å². The van der Waals surface area contributed by atoms with Crippen molar-refractivity contribution >= 4 is 23.2 Å². The van der Waals surface area contributed by atoms with Gasteiger partial charge >= 0.3 is 0 Å². The molecule has 0 fully saturated rings. The Bertz CT molecular complexity index is 348. The number of hydrogen-bond donors (Lipinski definition) is 1. The van der Waals surface area contributed by atoms with Gasteiger partial charge in [-0.3, -0.25) is 0 Å². The molecule has 1 N–H and O–H groups in total. The van der Waals surface area contributed by atoms with Crippen LogP contribution in [0.15, 0.2) is 18.2 Å². The molecule has 96 valence electrons. The largest absolute Gasteiger partial charge is 0.310 e. The standard InChI is InChI=1S/C14H21Cl2N/c1-4-10(5-2)14(17-6-3)11-7-8-12(15)13(16)9-11/h7-10,14,17H,4-6H2,1-3H3. The Labute approximate surface area is 115 Å². The Hall–Kier alpha value is -0.240. The lowest BCUT2D eigenvalue weighted by Gasteiger charge is -2.26. The van der Waals surface area contributed by atoms with Crippen LogP contribution in [0.1, 0.15) is 45.2 Å². The summed E-state index contributed by atoms with van der Waals surface area (Å²) >= 11 is 12.0. The average molecular weight is 274 g/mol. The Balaban J connectivity index is 2.99. The van der Waals surface area contributed by atoms with E-state index in [0.29, 0.717) is 22.0 Å². The number of rotatable bonds is 6. The topological polar surface area (TPSA) is 12.0 Å². The lowest BCUT2D eigenvalue weighted by molar-refractivity contribution is 0.346. The molecule has 1 rings (SSSR count). The molecule has 0 aromatic heterocycles. The van der Waals surface area contributed by atoms with E-state index in [4.69, 9.17) is 23.2 Å². The van der Waals surface area contributed by atoms with Crippen LogP contribution in [0.5, 0.6) is 0 Å². The van der Waals surface area contributed by atoms with Gasteiger partial charge in [0.15, 0.2) is 0 Å².